The molecule has 0 saturated carbocycles. The van der Waals surface area contributed by atoms with Gasteiger partial charge in [-0.3, -0.25) is 0 Å². The Kier molecular flexibility index (Phi) is 4.05. The van der Waals surface area contributed by atoms with Crippen molar-refractivity contribution in [3.05, 3.63) is 47.5 Å². The predicted octanol–water partition coefficient (Wildman–Crippen LogP) is 3.04. The minimum atomic E-state index is -0.325. The molecule has 2 unspecified atom stereocenters. The summed E-state index contributed by atoms with van der Waals surface area (Å²) in [5.74, 6) is 0. The first kappa shape index (κ1) is 14.9. The summed E-state index contributed by atoms with van der Waals surface area (Å²) < 4.78 is 5.69. The first-order chi connectivity index (χ1) is 10.5. The fraction of sp³-hybridized carbons (Fsp3) is 0.333. The van der Waals surface area contributed by atoms with Crippen LogP contribution in [0.5, 0.6) is 0 Å². The van der Waals surface area contributed by atoms with E-state index in [0.29, 0.717) is 18.0 Å². The maximum Gasteiger partial charge on any atom is 0.0827 e. The van der Waals surface area contributed by atoms with Crippen molar-refractivity contribution in [2.45, 2.75) is 32.0 Å². The molecule has 0 aliphatic carbocycles. The fourth-order valence-electron chi connectivity index (χ4n) is 2.82. The molecular formula is C18H22N2O2. The maximum atomic E-state index is 9.49. The van der Waals surface area contributed by atoms with Gasteiger partial charge in [-0.15, -0.1) is 0 Å². The zero-order chi connectivity index (χ0) is 15.7. The third-order valence-corrected chi connectivity index (χ3v) is 4.36. The number of rotatable bonds is 2. The van der Waals surface area contributed by atoms with Gasteiger partial charge in [-0.1, -0.05) is 24.3 Å². The van der Waals surface area contributed by atoms with Crippen molar-refractivity contribution < 1.29 is 9.84 Å². The van der Waals surface area contributed by atoms with Crippen LogP contribution in [0.25, 0.3) is 11.1 Å². The Labute approximate surface area is 130 Å². The second-order valence-electron chi connectivity index (χ2n) is 5.95. The van der Waals surface area contributed by atoms with Crippen molar-refractivity contribution in [1.82, 2.24) is 0 Å². The molecule has 116 valence electrons. The quantitative estimate of drug-likeness (QED) is 0.744. The minimum absolute atomic E-state index is 0.0746. The summed E-state index contributed by atoms with van der Waals surface area (Å²) in [6, 6.07) is 12.2. The molecule has 22 heavy (non-hydrogen) atoms. The van der Waals surface area contributed by atoms with Crippen molar-refractivity contribution in [2.75, 3.05) is 18.1 Å². The van der Waals surface area contributed by atoms with Gasteiger partial charge in [0, 0.05) is 11.4 Å². The number of hydrogen-bond acceptors (Lipinski definition) is 4. The van der Waals surface area contributed by atoms with E-state index in [1.165, 1.54) is 0 Å². The van der Waals surface area contributed by atoms with Gasteiger partial charge in [0.05, 0.1) is 18.8 Å². The van der Waals surface area contributed by atoms with Gasteiger partial charge >= 0.3 is 0 Å². The number of aliphatic hydroxyl groups excluding tert-OH is 1. The number of anilines is 2. The van der Waals surface area contributed by atoms with Crippen LogP contribution in [0.3, 0.4) is 0 Å². The van der Waals surface area contributed by atoms with Crippen LogP contribution in [-0.2, 0) is 4.74 Å². The number of hydrogen-bond donors (Lipinski definition) is 3. The van der Waals surface area contributed by atoms with Gasteiger partial charge < -0.3 is 21.3 Å². The molecule has 4 nitrogen and oxygen atoms in total. The van der Waals surface area contributed by atoms with Crippen molar-refractivity contribution in [1.29, 1.82) is 0 Å². The molecule has 1 heterocycles. The first-order valence-electron chi connectivity index (χ1n) is 7.60. The van der Waals surface area contributed by atoms with Gasteiger partial charge in [-0.05, 0) is 54.2 Å². The number of benzene rings is 2. The molecule has 0 amide bonds. The van der Waals surface area contributed by atoms with Crippen molar-refractivity contribution >= 4 is 11.4 Å². The SMILES string of the molecule is Cc1c(N)cc(-c2ccc(C3CCC(O)CO3)cc2)cc1N. The molecule has 1 fully saturated rings. The molecule has 0 spiro atoms. The van der Waals surface area contributed by atoms with E-state index in [0.717, 1.165) is 35.1 Å². The van der Waals surface area contributed by atoms with Gasteiger partial charge in [0.2, 0.25) is 0 Å². The summed E-state index contributed by atoms with van der Waals surface area (Å²) in [6.45, 7) is 2.34. The highest BCUT2D eigenvalue weighted by molar-refractivity contribution is 5.75. The molecule has 1 saturated heterocycles. The van der Waals surface area contributed by atoms with Gasteiger partial charge in [0.25, 0.3) is 0 Å². The molecule has 2 aromatic rings. The van der Waals surface area contributed by atoms with Crippen molar-refractivity contribution in [3.63, 3.8) is 0 Å². The average Bonchev–Trinajstić information content (AvgIpc) is 2.53. The molecule has 0 bridgehead atoms. The molecule has 2 aromatic carbocycles. The Morgan fingerprint density at radius 3 is 2.18 bits per heavy atom. The van der Waals surface area contributed by atoms with E-state index in [9.17, 15) is 5.11 Å². The van der Waals surface area contributed by atoms with Crippen LogP contribution in [0.15, 0.2) is 36.4 Å². The fourth-order valence-corrected chi connectivity index (χ4v) is 2.82. The van der Waals surface area contributed by atoms with Gasteiger partial charge in [-0.25, -0.2) is 0 Å². The monoisotopic (exact) mass is 298 g/mol. The Bertz CT molecular complexity index is 636. The molecule has 5 N–H and O–H groups in total. The van der Waals surface area contributed by atoms with Crippen LogP contribution in [0.4, 0.5) is 11.4 Å². The van der Waals surface area contributed by atoms with Gasteiger partial charge in [0.1, 0.15) is 0 Å². The molecule has 1 aliphatic heterocycles. The van der Waals surface area contributed by atoms with E-state index in [4.69, 9.17) is 16.2 Å². The Balaban J connectivity index is 1.82. The summed E-state index contributed by atoms with van der Waals surface area (Å²) >= 11 is 0. The second-order valence-corrected chi connectivity index (χ2v) is 5.95. The van der Waals surface area contributed by atoms with Crippen molar-refractivity contribution in [3.8, 4) is 11.1 Å². The van der Waals surface area contributed by atoms with E-state index in [2.05, 4.69) is 24.3 Å². The molecule has 1 aliphatic rings. The average molecular weight is 298 g/mol. The Hall–Kier alpha value is -2.04. The van der Waals surface area contributed by atoms with Crippen LogP contribution in [0, 0.1) is 6.92 Å². The van der Waals surface area contributed by atoms with Gasteiger partial charge in [0.15, 0.2) is 0 Å². The lowest BCUT2D eigenvalue weighted by Crippen LogP contribution is -2.24. The van der Waals surface area contributed by atoms with Crippen molar-refractivity contribution in [2.24, 2.45) is 0 Å². The lowest BCUT2D eigenvalue weighted by atomic mass is 9.96. The standard InChI is InChI=1S/C18H22N2O2/c1-11-16(19)8-14(9-17(11)20)12-2-4-13(5-3-12)18-7-6-15(21)10-22-18/h2-5,8-9,15,18,21H,6-7,10,19-20H2,1H3. The Morgan fingerprint density at radius 2 is 1.64 bits per heavy atom. The number of aliphatic hydroxyl groups is 1. The molecular weight excluding hydrogens is 276 g/mol. The van der Waals surface area contributed by atoms with E-state index in [1.54, 1.807) is 0 Å². The van der Waals surface area contributed by atoms with Crippen LogP contribution < -0.4 is 11.5 Å². The molecule has 3 rings (SSSR count). The summed E-state index contributed by atoms with van der Waals surface area (Å²) in [5.41, 5.74) is 17.6. The van der Waals surface area contributed by atoms with Crippen LogP contribution in [-0.4, -0.2) is 17.8 Å². The number of nitrogens with two attached hydrogens (primary N) is 2. The second kappa shape index (κ2) is 5.99. The largest absolute Gasteiger partial charge is 0.398 e. The van der Waals surface area contributed by atoms with Gasteiger partial charge in [-0.2, -0.15) is 0 Å². The summed E-state index contributed by atoms with van der Waals surface area (Å²) in [4.78, 5) is 0. The lowest BCUT2D eigenvalue weighted by molar-refractivity contribution is -0.0568. The third kappa shape index (κ3) is 2.93. The molecule has 4 heteroatoms. The zero-order valence-corrected chi connectivity index (χ0v) is 12.8. The molecule has 0 aromatic heterocycles. The number of nitrogen functional groups attached to an aromatic ring is 2. The predicted molar refractivity (Wildman–Crippen MR) is 89.4 cm³/mol. The highest BCUT2D eigenvalue weighted by Crippen LogP contribution is 2.32. The lowest BCUT2D eigenvalue weighted by Gasteiger charge is -2.26. The molecule has 0 radical (unpaired) electrons. The molecule has 2 atom stereocenters. The summed E-state index contributed by atoms with van der Waals surface area (Å²) in [6.07, 6.45) is 1.39. The zero-order valence-electron chi connectivity index (χ0n) is 12.8. The highest BCUT2D eigenvalue weighted by Gasteiger charge is 2.21. The highest BCUT2D eigenvalue weighted by atomic mass is 16.5. The third-order valence-electron chi connectivity index (χ3n) is 4.36. The van der Waals surface area contributed by atoms with Crippen LogP contribution >= 0.6 is 0 Å². The van der Waals surface area contributed by atoms with Crippen LogP contribution in [0.2, 0.25) is 0 Å². The normalized spacial score (nSPS) is 21.7. The first-order valence-corrected chi connectivity index (χ1v) is 7.60. The van der Waals surface area contributed by atoms with E-state index in [-0.39, 0.29) is 12.2 Å². The van der Waals surface area contributed by atoms with E-state index in [1.807, 2.05) is 19.1 Å². The van der Waals surface area contributed by atoms with E-state index < -0.39 is 0 Å². The summed E-state index contributed by atoms with van der Waals surface area (Å²) in [7, 11) is 0. The smallest absolute Gasteiger partial charge is 0.0827 e. The number of ether oxygens (including phenoxy) is 1. The Morgan fingerprint density at radius 1 is 1.00 bits per heavy atom. The maximum absolute atomic E-state index is 9.49. The van der Waals surface area contributed by atoms with E-state index >= 15 is 0 Å². The topological polar surface area (TPSA) is 81.5 Å². The summed E-state index contributed by atoms with van der Waals surface area (Å²) in [5, 5.41) is 9.49. The van der Waals surface area contributed by atoms with Crippen LogP contribution in [0.1, 0.15) is 30.1 Å². The minimum Gasteiger partial charge on any atom is -0.398 e.